The molecule has 0 spiro atoms. The number of ether oxygens (including phenoxy) is 1. The highest BCUT2D eigenvalue weighted by Gasteiger charge is 2.30. The van der Waals surface area contributed by atoms with Crippen LogP contribution >= 0.6 is 0 Å². The highest BCUT2D eigenvalue weighted by Crippen LogP contribution is 2.20. The van der Waals surface area contributed by atoms with Gasteiger partial charge in [0.2, 0.25) is 5.91 Å². The zero-order chi connectivity index (χ0) is 13.8. The molecule has 19 heavy (non-hydrogen) atoms. The van der Waals surface area contributed by atoms with Crippen molar-refractivity contribution in [2.75, 3.05) is 6.61 Å². The highest BCUT2D eigenvalue weighted by atomic mass is 19.1. The van der Waals surface area contributed by atoms with Crippen LogP contribution in [0.2, 0.25) is 0 Å². The number of hydrogen-bond donors (Lipinski definition) is 2. The molecular formula is C14H19FN2O2. The quantitative estimate of drug-likeness (QED) is 0.864. The topological polar surface area (TPSA) is 64.3 Å². The number of nitrogens with two attached hydrogens (primary N) is 1. The maximum absolute atomic E-state index is 13.7. The first-order valence-electron chi connectivity index (χ1n) is 6.48. The Kier molecular flexibility index (Phi) is 4.50. The lowest BCUT2D eigenvalue weighted by Gasteiger charge is -2.14. The molecule has 1 aliphatic heterocycles. The van der Waals surface area contributed by atoms with Gasteiger partial charge in [0.15, 0.2) is 0 Å². The van der Waals surface area contributed by atoms with Crippen LogP contribution in [0.25, 0.3) is 0 Å². The van der Waals surface area contributed by atoms with Crippen molar-refractivity contribution in [3.63, 3.8) is 0 Å². The molecule has 1 fully saturated rings. The van der Waals surface area contributed by atoms with E-state index in [9.17, 15) is 9.18 Å². The van der Waals surface area contributed by atoms with Crippen molar-refractivity contribution in [2.45, 2.75) is 32.5 Å². The molecule has 2 unspecified atom stereocenters. The monoisotopic (exact) mass is 266 g/mol. The second-order valence-corrected chi connectivity index (χ2v) is 4.91. The summed E-state index contributed by atoms with van der Waals surface area (Å²) in [5, 5.41) is 2.71. The SMILES string of the molecule is CC1CCOC1C(=O)NCc1ccc(CN)cc1F. The molecule has 1 aliphatic rings. The van der Waals surface area contributed by atoms with Crippen molar-refractivity contribution in [2.24, 2.45) is 11.7 Å². The fraction of sp³-hybridized carbons (Fsp3) is 0.500. The second-order valence-electron chi connectivity index (χ2n) is 4.91. The van der Waals surface area contributed by atoms with Gasteiger partial charge in [-0.05, 0) is 24.0 Å². The van der Waals surface area contributed by atoms with Crippen LogP contribution in [0.4, 0.5) is 4.39 Å². The molecule has 0 aromatic heterocycles. The van der Waals surface area contributed by atoms with Crippen molar-refractivity contribution in [3.05, 3.63) is 35.1 Å². The summed E-state index contributed by atoms with van der Waals surface area (Å²) < 4.78 is 19.1. The van der Waals surface area contributed by atoms with Crippen LogP contribution in [0.15, 0.2) is 18.2 Å². The Labute approximate surface area is 112 Å². The molecule has 1 aromatic carbocycles. The van der Waals surface area contributed by atoms with Crippen LogP contribution in [0.3, 0.4) is 0 Å². The van der Waals surface area contributed by atoms with Gasteiger partial charge in [-0.25, -0.2) is 4.39 Å². The molecule has 0 bridgehead atoms. The van der Waals surface area contributed by atoms with Gasteiger partial charge in [0.1, 0.15) is 11.9 Å². The molecule has 104 valence electrons. The maximum Gasteiger partial charge on any atom is 0.249 e. The highest BCUT2D eigenvalue weighted by molar-refractivity contribution is 5.81. The van der Waals surface area contributed by atoms with Gasteiger partial charge in [0.05, 0.1) is 0 Å². The minimum Gasteiger partial charge on any atom is -0.368 e. The third-order valence-electron chi connectivity index (χ3n) is 3.45. The molecule has 1 amide bonds. The lowest BCUT2D eigenvalue weighted by atomic mass is 10.0. The van der Waals surface area contributed by atoms with E-state index in [2.05, 4.69) is 5.32 Å². The minimum absolute atomic E-state index is 0.169. The van der Waals surface area contributed by atoms with Crippen molar-refractivity contribution in [1.82, 2.24) is 5.32 Å². The summed E-state index contributed by atoms with van der Waals surface area (Å²) in [7, 11) is 0. The van der Waals surface area contributed by atoms with Crippen LogP contribution in [-0.2, 0) is 22.6 Å². The van der Waals surface area contributed by atoms with Gasteiger partial charge in [-0.1, -0.05) is 19.1 Å². The van der Waals surface area contributed by atoms with E-state index in [1.807, 2.05) is 6.92 Å². The number of carbonyl (C=O) groups is 1. The molecule has 0 aliphatic carbocycles. The summed E-state index contributed by atoms with van der Waals surface area (Å²) >= 11 is 0. The Morgan fingerprint density at radius 1 is 1.58 bits per heavy atom. The third-order valence-corrected chi connectivity index (χ3v) is 3.45. The molecule has 1 heterocycles. The van der Waals surface area contributed by atoms with E-state index < -0.39 is 6.10 Å². The summed E-state index contributed by atoms with van der Waals surface area (Å²) in [6.07, 6.45) is 0.476. The van der Waals surface area contributed by atoms with Crippen LogP contribution < -0.4 is 11.1 Å². The van der Waals surface area contributed by atoms with Crippen LogP contribution in [0, 0.1) is 11.7 Å². The van der Waals surface area contributed by atoms with Crippen molar-refractivity contribution >= 4 is 5.91 Å². The summed E-state index contributed by atoms with van der Waals surface area (Å²) in [4.78, 5) is 11.9. The van der Waals surface area contributed by atoms with Gasteiger partial charge in [-0.3, -0.25) is 4.79 Å². The van der Waals surface area contributed by atoms with Crippen molar-refractivity contribution in [1.29, 1.82) is 0 Å². The molecule has 1 aromatic rings. The average Bonchev–Trinajstić information content (AvgIpc) is 2.83. The maximum atomic E-state index is 13.7. The van der Waals surface area contributed by atoms with Gasteiger partial charge in [0, 0.05) is 25.3 Å². The summed E-state index contributed by atoms with van der Waals surface area (Å²) in [5.41, 5.74) is 6.63. The number of hydrogen-bond acceptors (Lipinski definition) is 3. The van der Waals surface area contributed by atoms with E-state index in [1.165, 1.54) is 6.07 Å². The van der Waals surface area contributed by atoms with Crippen LogP contribution in [0.5, 0.6) is 0 Å². The van der Waals surface area contributed by atoms with E-state index in [4.69, 9.17) is 10.5 Å². The lowest BCUT2D eigenvalue weighted by molar-refractivity contribution is -0.131. The van der Waals surface area contributed by atoms with Gasteiger partial charge < -0.3 is 15.8 Å². The molecule has 2 atom stereocenters. The van der Waals surface area contributed by atoms with Crippen LogP contribution in [-0.4, -0.2) is 18.6 Å². The first-order valence-corrected chi connectivity index (χ1v) is 6.48. The second kappa shape index (κ2) is 6.12. The number of benzene rings is 1. The molecule has 0 radical (unpaired) electrons. The Balaban J connectivity index is 1.93. The zero-order valence-electron chi connectivity index (χ0n) is 11.0. The van der Waals surface area contributed by atoms with E-state index in [1.54, 1.807) is 12.1 Å². The smallest absolute Gasteiger partial charge is 0.249 e. The normalized spacial score (nSPS) is 22.5. The van der Waals surface area contributed by atoms with Gasteiger partial charge >= 0.3 is 0 Å². The molecule has 3 N–H and O–H groups in total. The Morgan fingerprint density at radius 3 is 2.95 bits per heavy atom. The average molecular weight is 266 g/mol. The van der Waals surface area contributed by atoms with Gasteiger partial charge in [0.25, 0.3) is 0 Å². The van der Waals surface area contributed by atoms with E-state index in [0.717, 1.165) is 12.0 Å². The minimum atomic E-state index is -0.411. The molecule has 2 rings (SSSR count). The Hall–Kier alpha value is -1.46. The number of halogens is 1. The fourth-order valence-corrected chi connectivity index (χ4v) is 2.17. The summed E-state index contributed by atoms with van der Waals surface area (Å²) in [6, 6.07) is 4.81. The van der Waals surface area contributed by atoms with Gasteiger partial charge in [-0.15, -0.1) is 0 Å². The van der Waals surface area contributed by atoms with Crippen molar-refractivity contribution < 1.29 is 13.9 Å². The number of rotatable bonds is 4. The largest absolute Gasteiger partial charge is 0.368 e. The van der Waals surface area contributed by atoms with Gasteiger partial charge in [-0.2, -0.15) is 0 Å². The van der Waals surface area contributed by atoms with E-state index >= 15 is 0 Å². The molecule has 0 saturated carbocycles. The fourth-order valence-electron chi connectivity index (χ4n) is 2.17. The van der Waals surface area contributed by atoms with E-state index in [-0.39, 0.29) is 24.2 Å². The number of carbonyl (C=O) groups excluding carboxylic acids is 1. The van der Waals surface area contributed by atoms with Crippen LogP contribution in [0.1, 0.15) is 24.5 Å². The Morgan fingerprint density at radius 2 is 2.37 bits per heavy atom. The molecule has 4 nitrogen and oxygen atoms in total. The number of amides is 1. The van der Waals surface area contributed by atoms with Crippen molar-refractivity contribution in [3.8, 4) is 0 Å². The first-order chi connectivity index (χ1) is 9.11. The lowest BCUT2D eigenvalue weighted by Crippen LogP contribution is -2.36. The molecular weight excluding hydrogens is 247 g/mol. The molecule has 5 heteroatoms. The molecule has 1 saturated heterocycles. The zero-order valence-corrected chi connectivity index (χ0v) is 11.0. The predicted octanol–water partition coefficient (Wildman–Crippen LogP) is 1.33. The Bertz CT molecular complexity index is 465. The summed E-state index contributed by atoms with van der Waals surface area (Å²) in [5.74, 6) is -0.305. The predicted molar refractivity (Wildman–Crippen MR) is 69.7 cm³/mol. The first kappa shape index (κ1) is 14.0. The number of nitrogens with one attached hydrogen (secondary N) is 1. The standard InChI is InChI=1S/C14H19FN2O2/c1-9-4-5-19-13(9)14(18)17-8-11-3-2-10(7-16)6-12(11)15/h2-3,6,9,13H,4-5,7-8,16H2,1H3,(H,17,18). The van der Waals surface area contributed by atoms with E-state index in [0.29, 0.717) is 18.7 Å². The third kappa shape index (κ3) is 3.30. The summed E-state index contributed by atoms with van der Waals surface area (Å²) in [6.45, 7) is 3.06.